The van der Waals surface area contributed by atoms with Gasteiger partial charge in [0, 0.05) is 33.1 Å². The third-order valence-electron chi connectivity index (χ3n) is 4.54. The molecule has 2 amide bonds. The number of aromatic nitrogens is 3. The van der Waals surface area contributed by atoms with Gasteiger partial charge in [-0.2, -0.15) is 15.0 Å². The number of hydrogen-bond donors (Lipinski definition) is 4. The number of nitrogens with one attached hydrogen (secondary N) is 3. The second kappa shape index (κ2) is 12.0. The molecule has 0 saturated carbocycles. The van der Waals surface area contributed by atoms with E-state index in [4.69, 9.17) is 5.73 Å². The van der Waals surface area contributed by atoms with Crippen LogP contribution < -0.4 is 26.6 Å². The minimum Gasteiger partial charge on any atom is -0.368 e. The predicted molar refractivity (Wildman–Crippen MR) is 127 cm³/mol. The summed E-state index contributed by atoms with van der Waals surface area (Å²) in [5.41, 5.74) is 7.46. The molecular weight excluding hydrogens is 420 g/mol. The van der Waals surface area contributed by atoms with E-state index in [9.17, 15) is 9.59 Å². The van der Waals surface area contributed by atoms with E-state index in [1.165, 1.54) is 6.92 Å². The minimum atomic E-state index is -0.525. The molecule has 0 aliphatic heterocycles. The maximum absolute atomic E-state index is 11.3. The van der Waals surface area contributed by atoms with Crippen molar-refractivity contribution in [3.05, 3.63) is 71.8 Å². The van der Waals surface area contributed by atoms with Crippen LogP contribution in [0.2, 0.25) is 0 Å². The van der Waals surface area contributed by atoms with E-state index in [1.807, 2.05) is 65.6 Å². The second-order valence-electron chi connectivity index (χ2n) is 7.34. The molecule has 0 aliphatic carbocycles. The summed E-state index contributed by atoms with van der Waals surface area (Å²) in [7, 11) is 0. The lowest BCUT2D eigenvalue weighted by molar-refractivity contribution is -0.119. The van der Waals surface area contributed by atoms with Crippen molar-refractivity contribution in [2.24, 2.45) is 5.73 Å². The summed E-state index contributed by atoms with van der Waals surface area (Å²) < 4.78 is 0. The first-order chi connectivity index (χ1) is 16.0. The molecular formula is C23H28N8O2. The lowest BCUT2D eigenvalue weighted by Crippen LogP contribution is -2.29. The van der Waals surface area contributed by atoms with E-state index < -0.39 is 5.91 Å². The van der Waals surface area contributed by atoms with Gasteiger partial charge in [0.2, 0.25) is 29.7 Å². The third kappa shape index (κ3) is 8.09. The Kier molecular flexibility index (Phi) is 8.52. The topological polar surface area (TPSA) is 138 Å². The van der Waals surface area contributed by atoms with E-state index >= 15 is 0 Å². The highest BCUT2D eigenvalue weighted by Crippen LogP contribution is 2.19. The van der Waals surface area contributed by atoms with Crippen LogP contribution in [-0.4, -0.2) is 46.4 Å². The molecule has 0 bridgehead atoms. The van der Waals surface area contributed by atoms with Crippen LogP contribution in [0.25, 0.3) is 0 Å². The van der Waals surface area contributed by atoms with Gasteiger partial charge in [0.1, 0.15) is 0 Å². The SMILES string of the molecule is CC(=O)NCCNc1nc(NCC(N)=O)nc(N(Cc2ccccc2)Cc2ccccc2)n1. The lowest BCUT2D eigenvalue weighted by atomic mass is 10.2. The number of hydrogen-bond acceptors (Lipinski definition) is 8. The van der Waals surface area contributed by atoms with Crippen LogP contribution >= 0.6 is 0 Å². The number of benzene rings is 2. The van der Waals surface area contributed by atoms with Gasteiger partial charge in [0.25, 0.3) is 0 Å². The molecule has 3 rings (SSSR count). The summed E-state index contributed by atoms with van der Waals surface area (Å²) in [4.78, 5) is 37.8. The standard InChI is InChI=1S/C23H28N8O2/c1-17(32)25-12-13-26-21-28-22(27-14-20(24)33)30-23(29-21)31(15-18-8-4-2-5-9-18)16-19-10-6-3-7-11-19/h2-11H,12-16H2,1H3,(H2,24,33)(H,25,32)(H2,26,27,28,29,30). The van der Waals surface area contributed by atoms with Gasteiger partial charge in [-0.05, 0) is 11.1 Å². The number of carbonyl (C=O) groups is 2. The number of nitrogens with two attached hydrogens (primary N) is 1. The molecule has 0 saturated heterocycles. The third-order valence-corrected chi connectivity index (χ3v) is 4.54. The van der Waals surface area contributed by atoms with E-state index in [0.717, 1.165) is 11.1 Å². The van der Waals surface area contributed by atoms with Crippen molar-refractivity contribution < 1.29 is 9.59 Å². The highest BCUT2D eigenvalue weighted by Gasteiger charge is 2.15. The number of nitrogens with zero attached hydrogens (tertiary/aromatic N) is 4. The number of primary amides is 1. The summed E-state index contributed by atoms with van der Waals surface area (Å²) in [5, 5.41) is 8.65. The normalized spacial score (nSPS) is 10.3. The largest absolute Gasteiger partial charge is 0.368 e. The average Bonchev–Trinajstić information content (AvgIpc) is 2.81. The van der Waals surface area contributed by atoms with Crippen LogP contribution in [0.3, 0.4) is 0 Å². The number of rotatable bonds is 12. The van der Waals surface area contributed by atoms with Gasteiger partial charge in [-0.1, -0.05) is 60.7 Å². The Morgan fingerprint density at radius 1 is 0.818 bits per heavy atom. The maximum Gasteiger partial charge on any atom is 0.236 e. The highest BCUT2D eigenvalue weighted by molar-refractivity contribution is 5.78. The summed E-state index contributed by atoms with van der Waals surface area (Å²) in [5.74, 6) is 0.346. The number of carbonyl (C=O) groups excluding carboxylic acids is 2. The molecule has 5 N–H and O–H groups in total. The molecule has 0 atom stereocenters. The molecule has 3 aromatic rings. The van der Waals surface area contributed by atoms with Gasteiger partial charge in [-0.3, -0.25) is 9.59 Å². The van der Waals surface area contributed by atoms with Crippen molar-refractivity contribution >= 4 is 29.7 Å². The van der Waals surface area contributed by atoms with Gasteiger partial charge in [0.15, 0.2) is 0 Å². The molecule has 10 nitrogen and oxygen atoms in total. The zero-order valence-corrected chi connectivity index (χ0v) is 18.5. The van der Waals surface area contributed by atoms with E-state index in [-0.39, 0.29) is 18.4 Å². The van der Waals surface area contributed by atoms with Gasteiger partial charge in [-0.25, -0.2) is 0 Å². The summed E-state index contributed by atoms with van der Waals surface area (Å²) in [6, 6.07) is 20.0. The fourth-order valence-electron chi connectivity index (χ4n) is 3.05. The van der Waals surface area contributed by atoms with Crippen LogP contribution in [0.4, 0.5) is 17.8 Å². The lowest BCUT2D eigenvalue weighted by Gasteiger charge is -2.24. The monoisotopic (exact) mass is 448 g/mol. The van der Waals surface area contributed by atoms with E-state index in [2.05, 4.69) is 30.9 Å². The Hall–Kier alpha value is -4.21. The molecule has 0 spiro atoms. The van der Waals surface area contributed by atoms with Crippen molar-refractivity contribution in [1.29, 1.82) is 0 Å². The Labute approximate surface area is 192 Å². The highest BCUT2D eigenvalue weighted by atomic mass is 16.1. The van der Waals surface area contributed by atoms with Crippen molar-refractivity contribution in [2.45, 2.75) is 20.0 Å². The first-order valence-corrected chi connectivity index (χ1v) is 10.6. The number of amides is 2. The van der Waals surface area contributed by atoms with Crippen molar-refractivity contribution in [2.75, 3.05) is 35.2 Å². The quantitative estimate of drug-likeness (QED) is 0.306. The minimum absolute atomic E-state index is 0.105. The second-order valence-corrected chi connectivity index (χ2v) is 7.34. The summed E-state index contributed by atoms with van der Waals surface area (Å²) in [6.45, 7) is 3.33. The molecule has 0 fully saturated rings. The molecule has 0 radical (unpaired) electrons. The Balaban J connectivity index is 1.89. The van der Waals surface area contributed by atoms with Gasteiger partial charge in [-0.15, -0.1) is 0 Å². The van der Waals surface area contributed by atoms with Crippen molar-refractivity contribution in [3.63, 3.8) is 0 Å². The Bertz CT molecular complexity index is 1010. The maximum atomic E-state index is 11.3. The zero-order chi connectivity index (χ0) is 23.5. The zero-order valence-electron chi connectivity index (χ0n) is 18.5. The molecule has 0 unspecified atom stereocenters. The Morgan fingerprint density at radius 3 is 1.88 bits per heavy atom. The molecule has 10 heteroatoms. The average molecular weight is 449 g/mol. The summed E-state index contributed by atoms with van der Waals surface area (Å²) in [6.07, 6.45) is 0. The molecule has 33 heavy (non-hydrogen) atoms. The Morgan fingerprint density at radius 2 is 1.36 bits per heavy atom. The molecule has 1 heterocycles. The van der Waals surface area contributed by atoms with Crippen LogP contribution in [0.15, 0.2) is 60.7 Å². The van der Waals surface area contributed by atoms with Gasteiger partial charge >= 0.3 is 0 Å². The van der Waals surface area contributed by atoms with E-state index in [0.29, 0.717) is 38.1 Å². The van der Waals surface area contributed by atoms with Crippen molar-refractivity contribution in [3.8, 4) is 0 Å². The van der Waals surface area contributed by atoms with Crippen molar-refractivity contribution in [1.82, 2.24) is 20.3 Å². The fourth-order valence-corrected chi connectivity index (χ4v) is 3.05. The molecule has 1 aromatic heterocycles. The van der Waals surface area contributed by atoms with Crippen LogP contribution in [0, 0.1) is 0 Å². The first kappa shape index (κ1) is 23.5. The molecule has 172 valence electrons. The van der Waals surface area contributed by atoms with E-state index in [1.54, 1.807) is 0 Å². The van der Waals surface area contributed by atoms with Crippen LogP contribution in [0.5, 0.6) is 0 Å². The summed E-state index contributed by atoms with van der Waals surface area (Å²) >= 11 is 0. The van der Waals surface area contributed by atoms with Gasteiger partial charge in [0.05, 0.1) is 6.54 Å². The fraction of sp³-hybridized carbons (Fsp3) is 0.261. The van der Waals surface area contributed by atoms with Crippen LogP contribution in [0.1, 0.15) is 18.1 Å². The smallest absolute Gasteiger partial charge is 0.236 e. The predicted octanol–water partition coefficient (Wildman–Crippen LogP) is 1.52. The van der Waals surface area contributed by atoms with Gasteiger partial charge < -0.3 is 26.6 Å². The molecule has 0 aliphatic rings. The van der Waals surface area contributed by atoms with Crippen LogP contribution in [-0.2, 0) is 22.7 Å². The first-order valence-electron chi connectivity index (χ1n) is 10.6. The number of anilines is 3. The molecule has 2 aromatic carbocycles.